The average molecular weight is 1060 g/mol. The number of nitrogens with one attached hydrogen (secondary N) is 4. The van der Waals surface area contributed by atoms with Gasteiger partial charge in [-0.3, -0.25) is 9.59 Å². The Kier molecular flexibility index (Phi) is 18.2. The molecular weight excluding hydrogens is 997 g/mol. The maximum absolute atomic E-state index is 13.0. The lowest BCUT2D eigenvalue weighted by molar-refractivity contribution is -0.114. The number of anilines is 3. The van der Waals surface area contributed by atoms with E-state index in [-0.39, 0.29) is 15.8 Å². The summed E-state index contributed by atoms with van der Waals surface area (Å²) < 4.78 is 51.3. The second-order valence-corrected chi connectivity index (χ2v) is 23.9. The Labute approximate surface area is 446 Å². The molecule has 0 aliphatic heterocycles. The van der Waals surface area contributed by atoms with E-state index in [1.165, 1.54) is 62.7 Å². The van der Waals surface area contributed by atoms with Crippen molar-refractivity contribution in [3.8, 4) is 0 Å². The number of carbonyl (C=O) groups excluding carboxylic acids is 4. The van der Waals surface area contributed by atoms with E-state index in [1.54, 1.807) is 48.5 Å². The number of sulfone groups is 2. The van der Waals surface area contributed by atoms with Crippen LogP contribution in [-0.2, 0) is 98.3 Å². The van der Waals surface area contributed by atoms with Crippen LogP contribution in [0.1, 0.15) is 92.4 Å². The number of aliphatic imine (C=N–C) groups is 1. The van der Waals surface area contributed by atoms with Crippen molar-refractivity contribution in [2.45, 2.75) is 114 Å². The standard InChI is InChI=1S/C30H33N3O4S.C22H26N2O3S.C8H7NO/c1-20-8-12-24(13-9-20)32-30(35)31-17-16-21-10-14-25(15-11-21)38(36,37)19-28(34)33-29-26-6-2-4-22(26)18-23-5-3-7-27(23)29;23-12-11-15-7-9-18(10-8-15)28(26,27)14-21(25)24-22-19-5-1-3-16(19)13-17-4-2-6-20(17)22;1-7-2-4-8(5-3-7)9-6-10/h8-15,18H,2-7,16-17,19H2,1H3,(H,33,34)(H2,31,32,35);7-10,13H,1-6,11-12,14,23H2,(H,24,25);2-5H,1H3. The molecule has 10 rings (SSSR count). The highest BCUT2D eigenvalue weighted by Crippen LogP contribution is 2.40. The third kappa shape index (κ3) is 14.2. The third-order valence-electron chi connectivity index (χ3n) is 14.3. The Morgan fingerprint density at radius 2 is 0.921 bits per heavy atom. The predicted molar refractivity (Wildman–Crippen MR) is 299 cm³/mol. The summed E-state index contributed by atoms with van der Waals surface area (Å²) in [6.07, 6.45) is 14.9. The summed E-state index contributed by atoms with van der Waals surface area (Å²) in [5.74, 6) is -2.08. The number of fused-ring (bicyclic) bond motifs is 4. The summed E-state index contributed by atoms with van der Waals surface area (Å²) in [7, 11) is -7.47. The fourth-order valence-corrected chi connectivity index (χ4v) is 12.8. The third-order valence-corrected chi connectivity index (χ3v) is 17.6. The first-order chi connectivity index (χ1) is 36.6. The maximum Gasteiger partial charge on any atom is 0.319 e. The first-order valence-electron chi connectivity index (χ1n) is 26.1. The molecule has 0 fully saturated rings. The van der Waals surface area contributed by atoms with Gasteiger partial charge in [0.05, 0.1) is 15.5 Å². The summed E-state index contributed by atoms with van der Waals surface area (Å²) >= 11 is 0. The zero-order valence-electron chi connectivity index (χ0n) is 43.2. The van der Waals surface area contributed by atoms with Gasteiger partial charge in [-0.1, -0.05) is 71.8 Å². The van der Waals surface area contributed by atoms with Crippen molar-refractivity contribution in [1.29, 1.82) is 0 Å². The van der Waals surface area contributed by atoms with E-state index >= 15 is 0 Å². The fourth-order valence-electron chi connectivity index (χ4n) is 10.5. The summed E-state index contributed by atoms with van der Waals surface area (Å²) in [6, 6.07) is 32.3. The van der Waals surface area contributed by atoms with Gasteiger partial charge in [0.1, 0.15) is 11.5 Å². The van der Waals surface area contributed by atoms with Gasteiger partial charge in [-0.15, -0.1) is 0 Å². The molecule has 0 aromatic heterocycles. The first-order valence-corrected chi connectivity index (χ1v) is 29.4. The average Bonchev–Trinajstić information content (AvgIpc) is 4.28. The lowest BCUT2D eigenvalue weighted by atomic mass is 9.98. The molecule has 6 aromatic rings. The van der Waals surface area contributed by atoms with Crippen molar-refractivity contribution in [3.05, 3.63) is 176 Å². The van der Waals surface area contributed by atoms with Crippen molar-refractivity contribution < 1.29 is 36.0 Å². The number of benzene rings is 6. The van der Waals surface area contributed by atoms with Crippen LogP contribution < -0.4 is 27.0 Å². The number of carbonyl (C=O) groups is 3. The number of isocyanates is 1. The van der Waals surface area contributed by atoms with Crippen LogP contribution in [0.15, 0.2) is 124 Å². The van der Waals surface area contributed by atoms with Gasteiger partial charge >= 0.3 is 6.03 Å². The number of nitrogens with zero attached hydrogens (tertiary/aromatic N) is 1. The molecular formula is C60H66N6O8S2. The van der Waals surface area contributed by atoms with Crippen LogP contribution in [0.4, 0.5) is 27.5 Å². The van der Waals surface area contributed by atoms with E-state index in [9.17, 15) is 36.0 Å². The quantitative estimate of drug-likeness (QED) is 0.0488. The monoisotopic (exact) mass is 1060 g/mol. The lowest BCUT2D eigenvalue weighted by Crippen LogP contribution is -2.30. The minimum atomic E-state index is -3.79. The highest BCUT2D eigenvalue weighted by molar-refractivity contribution is 7.92. The molecule has 396 valence electrons. The van der Waals surface area contributed by atoms with Crippen LogP contribution in [-0.4, -0.2) is 65.4 Å². The molecule has 0 saturated carbocycles. The Morgan fingerprint density at radius 1 is 0.526 bits per heavy atom. The molecule has 6 aromatic carbocycles. The van der Waals surface area contributed by atoms with Crippen LogP contribution in [0.5, 0.6) is 0 Å². The first kappa shape index (κ1) is 55.0. The van der Waals surface area contributed by atoms with Crippen LogP contribution in [0.2, 0.25) is 0 Å². The lowest BCUT2D eigenvalue weighted by Gasteiger charge is -2.16. The zero-order valence-corrected chi connectivity index (χ0v) is 44.9. The number of hydrogen-bond donors (Lipinski definition) is 5. The largest absolute Gasteiger partial charge is 0.338 e. The van der Waals surface area contributed by atoms with Crippen molar-refractivity contribution in [1.82, 2.24) is 5.32 Å². The van der Waals surface area contributed by atoms with Crippen LogP contribution in [0.3, 0.4) is 0 Å². The highest BCUT2D eigenvalue weighted by atomic mass is 32.2. The summed E-state index contributed by atoms with van der Waals surface area (Å²) in [5.41, 5.74) is 22.8. The number of urea groups is 1. The number of rotatable bonds is 15. The summed E-state index contributed by atoms with van der Waals surface area (Å²) in [4.78, 5) is 51.1. The van der Waals surface area contributed by atoms with E-state index in [4.69, 9.17) is 5.73 Å². The van der Waals surface area contributed by atoms with Crippen molar-refractivity contribution >= 4 is 66.3 Å². The molecule has 76 heavy (non-hydrogen) atoms. The van der Waals surface area contributed by atoms with Gasteiger partial charge in [0.2, 0.25) is 17.9 Å². The molecule has 16 heteroatoms. The fraction of sp³-hybridized carbons (Fsp3) is 0.333. The molecule has 0 heterocycles. The van der Waals surface area contributed by atoms with Gasteiger partial charge in [0.15, 0.2) is 19.7 Å². The Hall–Kier alpha value is -7.23. The number of amides is 4. The van der Waals surface area contributed by atoms with Crippen molar-refractivity contribution in [3.63, 3.8) is 0 Å². The SMILES string of the molecule is Cc1ccc(N=C=O)cc1.Cc1ccc(NC(=O)NCCc2ccc(S(=O)(=O)CC(=O)Nc3c4c(cc5c3CCC5)CCC4)cc2)cc1.NCCc1ccc(S(=O)(=O)CC(=O)Nc2c3c(cc4c2CCC4)CCC3)cc1. The molecule has 0 unspecified atom stereocenters. The molecule has 0 atom stereocenters. The Morgan fingerprint density at radius 3 is 1.32 bits per heavy atom. The molecule has 0 radical (unpaired) electrons. The second kappa shape index (κ2) is 25.1. The Balaban J connectivity index is 0.000000175. The molecule has 4 aliphatic carbocycles. The van der Waals surface area contributed by atoms with Gasteiger partial charge < -0.3 is 27.0 Å². The number of hydrogen-bond acceptors (Lipinski definition) is 10. The van der Waals surface area contributed by atoms with Crippen LogP contribution in [0, 0.1) is 13.8 Å². The molecule has 6 N–H and O–H groups in total. The highest BCUT2D eigenvalue weighted by Gasteiger charge is 2.29. The van der Waals surface area contributed by atoms with E-state index in [0.29, 0.717) is 37.3 Å². The molecule has 0 bridgehead atoms. The van der Waals surface area contributed by atoms with Gasteiger partial charge in [-0.2, -0.15) is 4.99 Å². The predicted octanol–water partition coefficient (Wildman–Crippen LogP) is 9.29. The van der Waals surface area contributed by atoms with Crippen molar-refractivity contribution in [2.75, 3.05) is 40.5 Å². The molecule has 4 aliphatic rings. The van der Waals surface area contributed by atoms with E-state index in [1.807, 2.05) is 50.2 Å². The summed E-state index contributed by atoms with van der Waals surface area (Å²) in [5, 5.41) is 11.5. The van der Waals surface area contributed by atoms with Crippen LogP contribution in [0.25, 0.3) is 0 Å². The number of nitrogens with two attached hydrogens (primary N) is 1. The van der Waals surface area contributed by atoms with Gasteiger partial charge in [0, 0.05) is 23.6 Å². The second-order valence-electron chi connectivity index (χ2n) is 19.9. The van der Waals surface area contributed by atoms with Gasteiger partial charge in [-0.25, -0.2) is 26.4 Å². The molecule has 14 nitrogen and oxygen atoms in total. The van der Waals surface area contributed by atoms with E-state index in [0.717, 1.165) is 111 Å². The molecule has 0 spiro atoms. The minimum Gasteiger partial charge on any atom is -0.338 e. The Bertz CT molecular complexity index is 3310. The van der Waals surface area contributed by atoms with Gasteiger partial charge in [0.25, 0.3) is 0 Å². The molecule has 4 amide bonds. The van der Waals surface area contributed by atoms with E-state index in [2.05, 4.69) is 38.4 Å². The smallest absolute Gasteiger partial charge is 0.319 e. The van der Waals surface area contributed by atoms with Crippen molar-refractivity contribution in [2.24, 2.45) is 10.7 Å². The van der Waals surface area contributed by atoms with Gasteiger partial charge in [-0.05, 0) is 214 Å². The van der Waals surface area contributed by atoms with Crippen LogP contribution >= 0.6 is 0 Å². The maximum atomic E-state index is 13.0. The topological polar surface area (TPSA) is 223 Å². The number of aryl methyl sites for hydroxylation is 6. The normalized spacial score (nSPS) is 13.8. The summed E-state index contributed by atoms with van der Waals surface area (Å²) in [6.45, 7) is 4.88. The zero-order chi connectivity index (χ0) is 53.8. The van der Waals surface area contributed by atoms with E-state index < -0.39 is 43.0 Å². The molecule has 0 saturated heterocycles. The minimum absolute atomic E-state index is 0.116.